The summed E-state index contributed by atoms with van der Waals surface area (Å²) in [5, 5.41) is 0. The Labute approximate surface area is 125 Å². The Morgan fingerprint density at radius 1 is 0.727 bits per heavy atom. The van der Waals surface area contributed by atoms with Crippen molar-refractivity contribution in [2.45, 2.75) is 0 Å². The van der Waals surface area contributed by atoms with Crippen LogP contribution < -0.4 is 94.3 Å². The van der Waals surface area contributed by atoms with Crippen LogP contribution in [-0.4, -0.2) is 14.7 Å². The fourth-order valence-corrected chi connectivity index (χ4v) is 0. The van der Waals surface area contributed by atoms with Crippen molar-refractivity contribution >= 4 is 7.82 Å². The molecule has 0 aliphatic heterocycles. The van der Waals surface area contributed by atoms with Crippen LogP contribution in [0.25, 0.3) is 0 Å². The largest absolute Gasteiger partial charge is 2.00 e. The van der Waals surface area contributed by atoms with Crippen LogP contribution in [0.5, 0.6) is 0 Å². The maximum Gasteiger partial charge on any atom is 1.00 e. The third-order valence-electron chi connectivity index (χ3n) is 0. The van der Waals surface area contributed by atoms with Crippen LogP contribution in [-0.2, 0) is 10.0 Å². The van der Waals surface area contributed by atoms with Gasteiger partial charge in [-0.25, -0.2) is 4.57 Å². The topological polar surface area (TPSA) is 106 Å². The first kappa shape index (κ1) is 48.1. The molecule has 0 spiro atoms. The van der Waals surface area contributed by atoms with E-state index in [0.29, 0.717) is 0 Å². The van der Waals surface area contributed by atoms with Crippen LogP contribution in [0, 0.1) is 0 Å². The molecule has 0 unspecified atom stereocenters. The van der Waals surface area contributed by atoms with Crippen LogP contribution in [0.3, 0.4) is 0 Å². The van der Waals surface area contributed by atoms with Gasteiger partial charge >= 0.3 is 102 Å². The van der Waals surface area contributed by atoms with Gasteiger partial charge in [0.25, 0.3) is 0 Å². The quantitative estimate of drug-likeness (QED) is 0.234. The average molecular weight is 149 g/mol. The maximum absolute atomic E-state index is 8.88. The van der Waals surface area contributed by atoms with Gasteiger partial charge in [-0.15, -0.1) is 0 Å². The molecular formula is H3Li5O5P+3. The predicted molar refractivity (Wildman–Crippen MR) is 14.9 cm³/mol. The molecule has 11 heavy (non-hydrogen) atoms. The van der Waals surface area contributed by atoms with E-state index < -0.39 is 7.82 Å². The molecule has 0 aromatic carbocycles. The minimum atomic E-state index is -4.64. The molecule has 0 amide bonds. The van der Waals surface area contributed by atoms with Gasteiger partial charge in [-0.3, -0.25) is 0 Å². The van der Waals surface area contributed by atoms with Crippen molar-refractivity contribution in [2.24, 2.45) is 0 Å². The Bertz CT molecular complexity index is 61.0. The van der Waals surface area contributed by atoms with E-state index in [1.165, 1.54) is 0 Å². The third kappa shape index (κ3) is 171. The second-order valence-corrected chi connectivity index (χ2v) is 1.54. The van der Waals surface area contributed by atoms with Crippen LogP contribution in [0.15, 0.2) is 0 Å². The van der Waals surface area contributed by atoms with Gasteiger partial charge in [-0.2, -0.15) is 0 Å². The van der Waals surface area contributed by atoms with E-state index in [1.54, 1.807) is 0 Å². The van der Waals surface area contributed by atoms with Gasteiger partial charge in [0, 0.05) is 0 Å². The first-order valence-electron chi connectivity index (χ1n) is 0.783. The Morgan fingerprint density at radius 2 is 0.727 bits per heavy atom. The molecule has 0 saturated heterocycles. The predicted octanol–water partition coefficient (Wildman–Crippen LogP) is -16.0. The van der Waals surface area contributed by atoms with E-state index in [-0.39, 0.29) is 99.8 Å². The molecule has 0 aromatic rings. The van der Waals surface area contributed by atoms with E-state index in [4.69, 9.17) is 19.2 Å². The van der Waals surface area contributed by atoms with Crippen LogP contribution in [0.1, 0.15) is 0 Å². The summed E-state index contributed by atoms with van der Waals surface area (Å²) in [6, 6.07) is 0. The van der Waals surface area contributed by atoms with E-state index in [0.717, 1.165) is 0 Å². The van der Waals surface area contributed by atoms with Gasteiger partial charge < -0.3 is 20.2 Å². The molecule has 0 fully saturated rings. The second kappa shape index (κ2) is 23.1. The molecule has 0 saturated carbocycles. The SMILES string of the molecule is O=P(O)(O)O.[Li+].[Li+].[Li+].[Li+].[Li+].[O-2]. The monoisotopic (exact) mass is 149 g/mol. The smallest absolute Gasteiger partial charge is 1.00 e. The van der Waals surface area contributed by atoms with Crippen molar-refractivity contribution in [3.63, 3.8) is 0 Å². The van der Waals surface area contributed by atoms with Crippen LogP contribution in [0.4, 0.5) is 0 Å². The fourth-order valence-electron chi connectivity index (χ4n) is 0. The van der Waals surface area contributed by atoms with E-state index in [1.807, 2.05) is 0 Å². The fraction of sp³-hybridized carbons (Fsp3) is 0. The van der Waals surface area contributed by atoms with Gasteiger partial charge in [0.15, 0.2) is 0 Å². The molecule has 0 aliphatic rings. The first-order valence-corrected chi connectivity index (χ1v) is 2.35. The first-order chi connectivity index (χ1) is 2.00. The summed E-state index contributed by atoms with van der Waals surface area (Å²) >= 11 is 0. The Hall–Kier alpha value is 3.06. The van der Waals surface area contributed by atoms with Crippen molar-refractivity contribution in [1.29, 1.82) is 0 Å². The van der Waals surface area contributed by atoms with Crippen molar-refractivity contribution in [1.82, 2.24) is 0 Å². The summed E-state index contributed by atoms with van der Waals surface area (Å²) < 4.78 is 8.88. The van der Waals surface area contributed by atoms with Gasteiger partial charge in [0.2, 0.25) is 0 Å². The van der Waals surface area contributed by atoms with Gasteiger partial charge in [-0.1, -0.05) is 0 Å². The number of rotatable bonds is 0. The molecule has 0 rings (SSSR count). The normalized spacial score (nSPS) is 5.36. The molecule has 11 heteroatoms. The maximum atomic E-state index is 8.88. The molecular weight excluding hydrogens is 146 g/mol. The number of hydrogen-bond donors (Lipinski definition) is 3. The van der Waals surface area contributed by atoms with Gasteiger partial charge in [-0.05, 0) is 0 Å². The second-order valence-electron chi connectivity index (χ2n) is 0.513. The zero-order chi connectivity index (χ0) is 4.50. The molecule has 0 aliphatic carbocycles. The van der Waals surface area contributed by atoms with Crippen molar-refractivity contribution < 1.29 is 119 Å². The van der Waals surface area contributed by atoms with Crippen molar-refractivity contribution in [3.8, 4) is 0 Å². The van der Waals surface area contributed by atoms with Gasteiger partial charge in [0.1, 0.15) is 0 Å². The summed E-state index contributed by atoms with van der Waals surface area (Å²) in [6.45, 7) is 0. The Morgan fingerprint density at radius 3 is 0.727 bits per heavy atom. The molecule has 0 radical (unpaired) electrons. The summed E-state index contributed by atoms with van der Waals surface area (Å²) in [5.74, 6) is 0. The van der Waals surface area contributed by atoms with Crippen molar-refractivity contribution in [3.05, 3.63) is 0 Å². The van der Waals surface area contributed by atoms with Crippen molar-refractivity contribution in [2.75, 3.05) is 0 Å². The summed E-state index contributed by atoms with van der Waals surface area (Å²) in [4.78, 5) is 21.6. The Balaban J connectivity index is -0.00000000533. The van der Waals surface area contributed by atoms with Crippen LogP contribution in [0.2, 0.25) is 0 Å². The Kier molecular flexibility index (Phi) is 101. The number of hydrogen-bond acceptors (Lipinski definition) is 1. The summed E-state index contributed by atoms with van der Waals surface area (Å²) in [7, 11) is -4.64. The molecule has 0 heterocycles. The standard InChI is InChI=1S/5Li.H3O4P.O/c;;;;;1-5(2,3)4;/h;;;;;(H3,1,2,3,4);/q5*+1;;-2. The third-order valence-corrected chi connectivity index (χ3v) is 0. The van der Waals surface area contributed by atoms with E-state index >= 15 is 0 Å². The zero-order valence-electron chi connectivity index (χ0n) is 7.61. The molecule has 0 bridgehead atoms. The summed E-state index contributed by atoms with van der Waals surface area (Å²) in [5.41, 5.74) is 0. The molecule has 5 nitrogen and oxygen atoms in total. The van der Waals surface area contributed by atoms with E-state index in [2.05, 4.69) is 0 Å². The minimum absolute atomic E-state index is 0. The summed E-state index contributed by atoms with van der Waals surface area (Å²) in [6.07, 6.45) is 0. The van der Waals surface area contributed by atoms with Gasteiger partial charge in [0.05, 0.1) is 0 Å². The molecule has 0 aromatic heterocycles. The van der Waals surface area contributed by atoms with E-state index in [9.17, 15) is 0 Å². The average Bonchev–Trinajstić information content (AvgIpc) is 0.722. The number of phosphoric acid groups is 1. The molecule has 3 N–H and O–H groups in total. The van der Waals surface area contributed by atoms with Crippen LogP contribution >= 0.6 is 7.82 Å². The zero-order valence-corrected chi connectivity index (χ0v) is 8.50. The molecule has 40 valence electrons. The minimum Gasteiger partial charge on any atom is -2.00 e. The molecule has 0 atom stereocenters.